The van der Waals surface area contributed by atoms with Crippen LogP contribution in [0.2, 0.25) is 0 Å². The quantitative estimate of drug-likeness (QED) is 0.862. The number of carbonyl (C=O) groups is 1. The molecule has 1 spiro atoms. The fourth-order valence-electron chi connectivity index (χ4n) is 3.70. The lowest BCUT2D eigenvalue weighted by Crippen LogP contribution is -2.63. The van der Waals surface area contributed by atoms with E-state index in [1.165, 1.54) is 25.3 Å². The second-order valence-electron chi connectivity index (χ2n) is 6.38. The zero-order valence-electron chi connectivity index (χ0n) is 12.6. The summed E-state index contributed by atoms with van der Waals surface area (Å²) >= 11 is 0. The van der Waals surface area contributed by atoms with Crippen molar-refractivity contribution in [3.05, 3.63) is 35.1 Å². The number of rotatable bonds is 1. The van der Waals surface area contributed by atoms with Gasteiger partial charge in [0.1, 0.15) is 5.82 Å². The van der Waals surface area contributed by atoms with E-state index in [0.29, 0.717) is 17.7 Å². The zero-order valence-corrected chi connectivity index (χ0v) is 12.6. The molecular formula is C17H23FN2O. The summed E-state index contributed by atoms with van der Waals surface area (Å²) in [7, 11) is 0. The molecule has 0 unspecified atom stereocenters. The highest BCUT2D eigenvalue weighted by Gasteiger charge is 2.42. The Bertz CT molecular complexity index is 529. The van der Waals surface area contributed by atoms with Gasteiger partial charge in [0.25, 0.3) is 5.91 Å². The number of hydrogen-bond acceptors (Lipinski definition) is 2. The lowest BCUT2D eigenvalue weighted by Gasteiger charge is -2.49. The molecule has 2 fully saturated rings. The Morgan fingerprint density at radius 3 is 2.76 bits per heavy atom. The van der Waals surface area contributed by atoms with Crippen molar-refractivity contribution in [1.82, 2.24) is 10.2 Å². The monoisotopic (exact) mass is 290 g/mol. The van der Waals surface area contributed by atoms with E-state index < -0.39 is 0 Å². The summed E-state index contributed by atoms with van der Waals surface area (Å²) in [6.07, 6.45) is 5.71. The molecule has 1 N–H and O–H groups in total. The molecule has 21 heavy (non-hydrogen) atoms. The summed E-state index contributed by atoms with van der Waals surface area (Å²) in [4.78, 5) is 14.9. The molecule has 1 saturated carbocycles. The molecule has 2 aliphatic rings. The Labute approximate surface area is 125 Å². The van der Waals surface area contributed by atoms with Gasteiger partial charge >= 0.3 is 0 Å². The Kier molecular flexibility index (Phi) is 3.98. The first-order valence-electron chi connectivity index (χ1n) is 7.91. The standard InChI is InChI=1S/C17H23FN2O/c1-13-5-6-14(11-15(13)18)16(21)20-10-9-19-12-17(20)7-3-2-4-8-17/h5-6,11,19H,2-4,7-10,12H2,1H3. The SMILES string of the molecule is Cc1ccc(C(=O)N2CCNCC23CCCCC3)cc1F. The summed E-state index contributed by atoms with van der Waals surface area (Å²) in [6.45, 7) is 4.13. The van der Waals surface area contributed by atoms with E-state index >= 15 is 0 Å². The Balaban J connectivity index is 1.88. The van der Waals surface area contributed by atoms with Crippen LogP contribution in [-0.4, -0.2) is 36.0 Å². The van der Waals surface area contributed by atoms with Crippen molar-refractivity contribution < 1.29 is 9.18 Å². The summed E-state index contributed by atoms with van der Waals surface area (Å²) in [5.41, 5.74) is 0.999. The maximum Gasteiger partial charge on any atom is 0.254 e. The Hall–Kier alpha value is -1.42. The fourth-order valence-corrected chi connectivity index (χ4v) is 3.70. The van der Waals surface area contributed by atoms with Gasteiger partial charge in [-0.15, -0.1) is 0 Å². The molecule has 0 atom stereocenters. The maximum atomic E-state index is 13.8. The smallest absolute Gasteiger partial charge is 0.254 e. The number of halogens is 1. The average molecular weight is 290 g/mol. The van der Waals surface area contributed by atoms with E-state index in [2.05, 4.69) is 5.32 Å². The summed E-state index contributed by atoms with van der Waals surface area (Å²) in [6, 6.07) is 4.83. The van der Waals surface area contributed by atoms with E-state index in [1.807, 2.05) is 4.90 Å². The van der Waals surface area contributed by atoms with Gasteiger partial charge in [0.2, 0.25) is 0 Å². The first-order chi connectivity index (χ1) is 10.1. The molecule has 1 aromatic carbocycles. The molecule has 114 valence electrons. The Morgan fingerprint density at radius 2 is 2.05 bits per heavy atom. The minimum absolute atomic E-state index is 0.0164. The predicted molar refractivity (Wildman–Crippen MR) is 80.9 cm³/mol. The molecule has 1 saturated heterocycles. The molecule has 0 bridgehead atoms. The third-order valence-corrected chi connectivity index (χ3v) is 4.99. The van der Waals surface area contributed by atoms with Gasteiger partial charge in [-0.1, -0.05) is 25.3 Å². The molecule has 0 aromatic heterocycles. The first-order valence-corrected chi connectivity index (χ1v) is 7.91. The lowest BCUT2D eigenvalue weighted by atomic mass is 9.78. The summed E-state index contributed by atoms with van der Waals surface area (Å²) in [5.74, 6) is -0.314. The van der Waals surface area contributed by atoms with Gasteiger partial charge in [-0.25, -0.2) is 4.39 Å². The normalized spacial score (nSPS) is 21.5. The van der Waals surface area contributed by atoms with E-state index in [0.717, 1.165) is 25.9 Å². The van der Waals surface area contributed by atoms with Crippen LogP contribution in [0.5, 0.6) is 0 Å². The number of aryl methyl sites for hydroxylation is 1. The molecule has 3 nitrogen and oxygen atoms in total. The van der Waals surface area contributed by atoms with Crippen LogP contribution in [0.15, 0.2) is 18.2 Å². The second kappa shape index (κ2) is 5.76. The first kappa shape index (κ1) is 14.5. The van der Waals surface area contributed by atoms with Gasteiger partial charge in [-0.3, -0.25) is 4.79 Å². The van der Waals surface area contributed by atoms with Crippen molar-refractivity contribution >= 4 is 5.91 Å². The summed E-state index contributed by atoms with van der Waals surface area (Å²) in [5, 5.41) is 3.43. The van der Waals surface area contributed by atoms with E-state index in [4.69, 9.17) is 0 Å². The molecule has 1 heterocycles. The van der Waals surface area contributed by atoms with Crippen LogP contribution in [-0.2, 0) is 0 Å². The molecular weight excluding hydrogens is 267 g/mol. The minimum Gasteiger partial charge on any atom is -0.330 e. The Morgan fingerprint density at radius 1 is 1.29 bits per heavy atom. The molecule has 0 radical (unpaired) electrons. The third-order valence-electron chi connectivity index (χ3n) is 4.99. The third kappa shape index (κ3) is 2.69. The molecule has 1 aromatic rings. The van der Waals surface area contributed by atoms with E-state index in [-0.39, 0.29) is 17.3 Å². The van der Waals surface area contributed by atoms with Crippen molar-refractivity contribution in [3.63, 3.8) is 0 Å². The number of hydrogen-bond donors (Lipinski definition) is 1. The van der Waals surface area contributed by atoms with Gasteiger partial charge in [0, 0.05) is 25.2 Å². The van der Waals surface area contributed by atoms with Crippen molar-refractivity contribution in [2.45, 2.75) is 44.6 Å². The van der Waals surface area contributed by atoms with Gasteiger partial charge in [-0.2, -0.15) is 0 Å². The average Bonchev–Trinajstić information content (AvgIpc) is 2.51. The van der Waals surface area contributed by atoms with Crippen LogP contribution in [0.3, 0.4) is 0 Å². The molecule has 1 aliphatic carbocycles. The number of carbonyl (C=O) groups excluding carboxylic acids is 1. The summed E-state index contributed by atoms with van der Waals surface area (Å²) < 4.78 is 13.8. The highest BCUT2D eigenvalue weighted by Crippen LogP contribution is 2.35. The van der Waals surface area contributed by atoms with Crippen molar-refractivity contribution in [2.75, 3.05) is 19.6 Å². The number of amides is 1. The molecule has 1 amide bonds. The molecule has 1 aliphatic heterocycles. The van der Waals surface area contributed by atoms with Crippen LogP contribution in [0, 0.1) is 12.7 Å². The van der Waals surface area contributed by atoms with Gasteiger partial charge in [0.15, 0.2) is 0 Å². The largest absolute Gasteiger partial charge is 0.330 e. The molecule has 4 heteroatoms. The van der Waals surface area contributed by atoms with Crippen LogP contribution in [0.4, 0.5) is 4.39 Å². The van der Waals surface area contributed by atoms with Crippen LogP contribution in [0.25, 0.3) is 0 Å². The lowest BCUT2D eigenvalue weighted by molar-refractivity contribution is 0.0222. The second-order valence-corrected chi connectivity index (χ2v) is 6.38. The maximum absolute atomic E-state index is 13.8. The predicted octanol–water partition coefficient (Wildman–Crippen LogP) is 2.88. The zero-order chi connectivity index (χ0) is 14.9. The van der Waals surface area contributed by atoms with Gasteiger partial charge < -0.3 is 10.2 Å². The number of benzene rings is 1. The van der Waals surface area contributed by atoms with Gasteiger partial charge in [0.05, 0.1) is 5.54 Å². The number of nitrogens with zero attached hydrogens (tertiary/aromatic N) is 1. The van der Waals surface area contributed by atoms with Gasteiger partial charge in [-0.05, 0) is 37.5 Å². The van der Waals surface area contributed by atoms with Crippen molar-refractivity contribution in [1.29, 1.82) is 0 Å². The minimum atomic E-state index is -0.298. The van der Waals surface area contributed by atoms with E-state index in [9.17, 15) is 9.18 Å². The highest BCUT2D eigenvalue weighted by molar-refractivity contribution is 5.95. The molecule has 3 rings (SSSR count). The van der Waals surface area contributed by atoms with E-state index in [1.54, 1.807) is 19.1 Å². The van der Waals surface area contributed by atoms with Crippen molar-refractivity contribution in [2.24, 2.45) is 0 Å². The van der Waals surface area contributed by atoms with Crippen LogP contribution < -0.4 is 5.32 Å². The topological polar surface area (TPSA) is 32.3 Å². The number of nitrogens with one attached hydrogen (secondary N) is 1. The van der Waals surface area contributed by atoms with Crippen molar-refractivity contribution in [3.8, 4) is 0 Å². The van der Waals surface area contributed by atoms with Crippen LogP contribution >= 0.6 is 0 Å². The van der Waals surface area contributed by atoms with Crippen LogP contribution in [0.1, 0.15) is 48.0 Å². The fraction of sp³-hybridized carbons (Fsp3) is 0.588. The number of piperazine rings is 1. The highest BCUT2D eigenvalue weighted by atomic mass is 19.1.